The van der Waals surface area contributed by atoms with E-state index in [-0.39, 0.29) is 0 Å². The van der Waals surface area contributed by atoms with Gasteiger partial charge in [0.15, 0.2) is 23.3 Å². The van der Waals surface area contributed by atoms with E-state index in [0.717, 1.165) is 45.6 Å². The second-order valence-electron chi connectivity index (χ2n) is 8.23. The zero-order valence-corrected chi connectivity index (χ0v) is 20.2. The lowest BCUT2D eigenvalue weighted by atomic mass is 10.2. The molecule has 6 aromatic rings. The van der Waals surface area contributed by atoms with Gasteiger partial charge in [0.25, 0.3) is 0 Å². The molecule has 0 aliphatic rings. The highest BCUT2D eigenvalue weighted by Gasteiger charge is 2.11. The minimum atomic E-state index is 0.761. The van der Waals surface area contributed by atoms with Gasteiger partial charge in [0.1, 0.15) is 0 Å². The molecule has 0 saturated carbocycles. The molecule has 6 heteroatoms. The van der Waals surface area contributed by atoms with Gasteiger partial charge >= 0.3 is 0 Å². The SMILES string of the molecule is Cn1nc(-c2ccccc2)nc1-c1ccccc1.Cn1nc(-c2ccccc2)nc1-c1ccccc1. The van der Waals surface area contributed by atoms with Crippen molar-refractivity contribution >= 4 is 0 Å². The lowest BCUT2D eigenvalue weighted by Crippen LogP contribution is -1.93. The van der Waals surface area contributed by atoms with Gasteiger partial charge in [-0.25, -0.2) is 19.3 Å². The summed E-state index contributed by atoms with van der Waals surface area (Å²) in [6, 6.07) is 40.2. The Bertz CT molecular complexity index is 1400. The van der Waals surface area contributed by atoms with Crippen LogP contribution in [0.4, 0.5) is 0 Å². The molecular weight excluding hydrogens is 444 g/mol. The van der Waals surface area contributed by atoms with Crippen molar-refractivity contribution in [2.75, 3.05) is 0 Å². The summed E-state index contributed by atoms with van der Waals surface area (Å²) in [5.41, 5.74) is 4.23. The molecule has 0 fully saturated rings. The third-order valence-corrected chi connectivity index (χ3v) is 5.65. The fourth-order valence-electron chi connectivity index (χ4n) is 3.87. The first-order valence-corrected chi connectivity index (χ1v) is 11.7. The highest BCUT2D eigenvalue weighted by Crippen LogP contribution is 2.22. The molecule has 4 aromatic carbocycles. The Balaban J connectivity index is 0.000000148. The molecule has 6 rings (SSSR count). The van der Waals surface area contributed by atoms with Crippen molar-refractivity contribution < 1.29 is 0 Å². The highest BCUT2D eigenvalue weighted by molar-refractivity contribution is 5.62. The van der Waals surface area contributed by atoms with Gasteiger partial charge in [0.05, 0.1) is 0 Å². The monoisotopic (exact) mass is 470 g/mol. The summed E-state index contributed by atoms with van der Waals surface area (Å²) in [4.78, 5) is 9.20. The van der Waals surface area contributed by atoms with Gasteiger partial charge in [-0.2, -0.15) is 10.2 Å². The van der Waals surface area contributed by atoms with Crippen LogP contribution in [0.3, 0.4) is 0 Å². The zero-order chi connectivity index (χ0) is 24.7. The van der Waals surface area contributed by atoms with Crippen LogP contribution in [0.2, 0.25) is 0 Å². The maximum absolute atomic E-state index is 4.60. The summed E-state index contributed by atoms with van der Waals surface area (Å²) >= 11 is 0. The standard InChI is InChI=1S/2C15H13N3/c2*1-18-15(13-10-6-3-7-11-13)16-14(17-18)12-8-4-2-5-9-12/h2*2-11H,1H3. The average Bonchev–Trinajstić information content (AvgIpc) is 3.54. The Morgan fingerprint density at radius 1 is 0.389 bits per heavy atom. The lowest BCUT2D eigenvalue weighted by Gasteiger charge is -1.97. The second kappa shape index (κ2) is 10.6. The summed E-state index contributed by atoms with van der Waals surface area (Å²) < 4.78 is 3.63. The van der Waals surface area contributed by atoms with Crippen molar-refractivity contribution in [1.29, 1.82) is 0 Å². The van der Waals surface area contributed by atoms with Gasteiger partial charge in [-0.3, -0.25) is 0 Å². The molecule has 0 N–H and O–H groups in total. The minimum absolute atomic E-state index is 0.761. The molecule has 2 aromatic heterocycles. The summed E-state index contributed by atoms with van der Waals surface area (Å²) in [6.45, 7) is 0. The van der Waals surface area contributed by atoms with Crippen LogP contribution in [0.25, 0.3) is 45.6 Å². The molecular formula is C30H26N6. The number of rotatable bonds is 4. The van der Waals surface area contributed by atoms with Crippen LogP contribution >= 0.6 is 0 Å². The number of hydrogen-bond donors (Lipinski definition) is 0. The van der Waals surface area contributed by atoms with E-state index < -0.39 is 0 Å². The summed E-state index contributed by atoms with van der Waals surface area (Å²) in [7, 11) is 3.84. The zero-order valence-electron chi connectivity index (χ0n) is 20.2. The maximum Gasteiger partial charge on any atom is 0.181 e. The van der Waals surface area contributed by atoms with Crippen molar-refractivity contribution in [1.82, 2.24) is 29.5 Å². The first kappa shape index (κ1) is 22.9. The minimum Gasteiger partial charge on any atom is -0.248 e. The predicted octanol–water partition coefficient (Wildman–Crippen LogP) is 6.30. The molecule has 0 aliphatic carbocycles. The fraction of sp³-hybridized carbons (Fsp3) is 0.0667. The Kier molecular flexibility index (Phi) is 6.76. The quantitative estimate of drug-likeness (QED) is 0.303. The molecule has 176 valence electrons. The number of aryl methyl sites for hydroxylation is 2. The van der Waals surface area contributed by atoms with E-state index in [1.807, 2.05) is 145 Å². The second-order valence-corrected chi connectivity index (χ2v) is 8.23. The Morgan fingerprint density at radius 2 is 0.667 bits per heavy atom. The first-order chi connectivity index (χ1) is 17.7. The Labute approximate surface area is 210 Å². The Hall–Kier alpha value is -4.84. The van der Waals surface area contributed by atoms with Crippen molar-refractivity contribution in [3.05, 3.63) is 121 Å². The van der Waals surface area contributed by atoms with Gasteiger partial charge in [-0.1, -0.05) is 121 Å². The molecule has 0 amide bonds. The van der Waals surface area contributed by atoms with E-state index in [2.05, 4.69) is 20.2 Å². The number of benzene rings is 4. The average molecular weight is 471 g/mol. The molecule has 0 bridgehead atoms. The van der Waals surface area contributed by atoms with Crippen LogP contribution in [-0.4, -0.2) is 29.5 Å². The van der Waals surface area contributed by atoms with E-state index >= 15 is 0 Å². The van der Waals surface area contributed by atoms with E-state index in [4.69, 9.17) is 0 Å². The molecule has 0 saturated heterocycles. The molecule has 0 radical (unpaired) electrons. The van der Waals surface area contributed by atoms with Crippen LogP contribution < -0.4 is 0 Å². The van der Waals surface area contributed by atoms with Crippen LogP contribution in [0.15, 0.2) is 121 Å². The molecule has 0 unspecified atom stereocenters. The van der Waals surface area contributed by atoms with E-state index in [1.165, 1.54) is 0 Å². The summed E-state index contributed by atoms with van der Waals surface area (Å²) in [5.74, 6) is 3.29. The molecule has 2 heterocycles. The van der Waals surface area contributed by atoms with Crippen molar-refractivity contribution in [2.24, 2.45) is 14.1 Å². The molecule has 0 atom stereocenters. The van der Waals surface area contributed by atoms with Crippen molar-refractivity contribution in [3.63, 3.8) is 0 Å². The van der Waals surface area contributed by atoms with Gasteiger partial charge in [0.2, 0.25) is 0 Å². The Morgan fingerprint density at radius 3 is 0.972 bits per heavy atom. The molecule has 0 aliphatic heterocycles. The number of hydrogen-bond acceptors (Lipinski definition) is 4. The van der Waals surface area contributed by atoms with Crippen molar-refractivity contribution in [2.45, 2.75) is 0 Å². The molecule has 36 heavy (non-hydrogen) atoms. The maximum atomic E-state index is 4.60. The normalized spacial score (nSPS) is 10.5. The number of nitrogens with zero attached hydrogens (tertiary/aromatic N) is 6. The van der Waals surface area contributed by atoms with E-state index in [9.17, 15) is 0 Å². The van der Waals surface area contributed by atoms with Crippen LogP contribution in [0.5, 0.6) is 0 Å². The van der Waals surface area contributed by atoms with Gasteiger partial charge in [-0.05, 0) is 0 Å². The first-order valence-electron chi connectivity index (χ1n) is 11.7. The van der Waals surface area contributed by atoms with Gasteiger partial charge < -0.3 is 0 Å². The van der Waals surface area contributed by atoms with Crippen LogP contribution in [0.1, 0.15) is 0 Å². The largest absolute Gasteiger partial charge is 0.248 e. The van der Waals surface area contributed by atoms with Crippen LogP contribution in [-0.2, 0) is 14.1 Å². The van der Waals surface area contributed by atoms with E-state index in [0.29, 0.717) is 0 Å². The topological polar surface area (TPSA) is 61.4 Å². The third kappa shape index (κ3) is 5.13. The third-order valence-electron chi connectivity index (χ3n) is 5.65. The predicted molar refractivity (Wildman–Crippen MR) is 144 cm³/mol. The summed E-state index contributed by atoms with van der Waals surface area (Å²) in [5, 5.41) is 8.93. The fourth-order valence-corrected chi connectivity index (χ4v) is 3.87. The van der Waals surface area contributed by atoms with E-state index in [1.54, 1.807) is 0 Å². The van der Waals surface area contributed by atoms with Crippen LogP contribution in [0, 0.1) is 0 Å². The van der Waals surface area contributed by atoms with Gasteiger partial charge in [0, 0.05) is 36.3 Å². The summed E-state index contributed by atoms with van der Waals surface area (Å²) in [6.07, 6.45) is 0. The van der Waals surface area contributed by atoms with Crippen molar-refractivity contribution in [3.8, 4) is 45.6 Å². The number of aromatic nitrogens is 6. The highest BCUT2D eigenvalue weighted by atomic mass is 15.3. The smallest absolute Gasteiger partial charge is 0.181 e. The molecule has 0 spiro atoms. The lowest BCUT2D eigenvalue weighted by molar-refractivity contribution is 0.777. The molecule has 6 nitrogen and oxygen atoms in total. The van der Waals surface area contributed by atoms with Gasteiger partial charge in [-0.15, -0.1) is 0 Å².